The SMILES string of the molecule is Cc1c(F)ccc(NSc2cc(Cl)ccc2Cl)c1F. The van der Waals surface area contributed by atoms with Crippen molar-refractivity contribution in [3.63, 3.8) is 0 Å². The Kier molecular flexibility index (Phi) is 4.55. The molecule has 0 saturated carbocycles. The molecular weight excluding hydrogens is 311 g/mol. The largest absolute Gasteiger partial charge is 0.323 e. The Morgan fingerprint density at radius 1 is 1.11 bits per heavy atom. The average molecular weight is 320 g/mol. The second-order valence-corrected chi connectivity index (χ2v) is 5.50. The summed E-state index contributed by atoms with van der Waals surface area (Å²) in [5.74, 6) is -1.19. The van der Waals surface area contributed by atoms with Crippen molar-refractivity contribution in [1.82, 2.24) is 0 Å². The Labute approximate surface area is 124 Å². The fourth-order valence-corrected chi connectivity index (χ4v) is 2.60. The van der Waals surface area contributed by atoms with Gasteiger partial charge in [0.05, 0.1) is 10.7 Å². The van der Waals surface area contributed by atoms with Gasteiger partial charge in [0.2, 0.25) is 0 Å². The molecule has 2 rings (SSSR count). The maximum absolute atomic E-state index is 13.8. The molecule has 0 saturated heterocycles. The van der Waals surface area contributed by atoms with E-state index in [0.717, 1.165) is 11.9 Å². The van der Waals surface area contributed by atoms with Gasteiger partial charge in [-0.05, 0) is 49.2 Å². The van der Waals surface area contributed by atoms with Gasteiger partial charge in [0.1, 0.15) is 5.82 Å². The summed E-state index contributed by atoms with van der Waals surface area (Å²) in [6, 6.07) is 7.52. The van der Waals surface area contributed by atoms with Crippen molar-refractivity contribution in [2.75, 3.05) is 4.72 Å². The molecule has 6 heteroatoms. The molecule has 0 bridgehead atoms. The van der Waals surface area contributed by atoms with Crippen molar-refractivity contribution < 1.29 is 8.78 Å². The summed E-state index contributed by atoms with van der Waals surface area (Å²) in [6.45, 7) is 1.38. The van der Waals surface area contributed by atoms with E-state index in [0.29, 0.717) is 14.9 Å². The van der Waals surface area contributed by atoms with Crippen LogP contribution in [0.25, 0.3) is 0 Å². The van der Waals surface area contributed by atoms with E-state index in [-0.39, 0.29) is 11.3 Å². The number of hydrogen-bond acceptors (Lipinski definition) is 2. The van der Waals surface area contributed by atoms with Gasteiger partial charge in [-0.15, -0.1) is 0 Å². The van der Waals surface area contributed by atoms with Gasteiger partial charge >= 0.3 is 0 Å². The standard InChI is InChI=1S/C13H9Cl2F2NS/c1-7-10(16)4-5-11(13(7)17)18-19-12-6-8(14)2-3-9(12)15/h2-6,18H,1H3. The van der Waals surface area contributed by atoms with Gasteiger partial charge in [-0.2, -0.15) is 0 Å². The van der Waals surface area contributed by atoms with Crippen LogP contribution < -0.4 is 4.72 Å². The minimum absolute atomic E-state index is 0.0252. The Hall–Kier alpha value is -0.970. The van der Waals surface area contributed by atoms with Crippen LogP contribution in [-0.4, -0.2) is 0 Å². The van der Waals surface area contributed by atoms with E-state index in [1.807, 2.05) is 0 Å². The fraction of sp³-hybridized carbons (Fsp3) is 0.0769. The van der Waals surface area contributed by atoms with Crippen molar-refractivity contribution in [3.05, 3.63) is 57.6 Å². The Bertz CT molecular complexity index is 620. The molecule has 0 amide bonds. The highest BCUT2D eigenvalue weighted by atomic mass is 35.5. The van der Waals surface area contributed by atoms with Gasteiger partial charge in [-0.3, -0.25) is 0 Å². The van der Waals surface area contributed by atoms with E-state index >= 15 is 0 Å². The van der Waals surface area contributed by atoms with Crippen molar-refractivity contribution in [2.24, 2.45) is 0 Å². The van der Waals surface area contributed by atoms with Gasteiger partial charge in [0, 0.05) is 15.5 Å². The topological polar surface area (TPSA) is 12.0 Å². The van der Waals surface area contributed by atoms with Gasteiger partial charge in [0.25, 0.3) is 0 Å². The first-order chi connectivity index (χ1) is 8.99. The van der Waals surface area contributed by atoms with E-state index in [4.69, 9.17) is 23.2 Å². The van der Waals surface area contributed by atoms with Crippen LogP contribution in [0.5, 0.6) is 0 Å². The number of anilines is 1. The zero-order valence-electron chi connectivity index (χ0n) is 9.81. The molecule has 2 aromatic rings. The van der Waals surface area contributed by atoms with Crippen LogP contribution in [0.2, 0.25) is 10.0 Å². The summed E-state index contributed by atoms with van der Waals surface area (Å²) in [5.41, 5.74) is 0.169. The highest BCUT2D eigenvalue weighted by Crippen LogP contribution is 2.32. The number of rotatable bonds is 3. The molecule has 1 nitrogen and oxygen atoms in total. The van der Waals surface area contributed by atoms with E-state index in [1.54, 1.807) is 18.2 Å². The smallest absolute Gasteiger partial charge is 0.152 e. The second-order valence-electron chi connectivity index (χ2n) is 3.81. The minimum atomic E-state index is -0.620. The van der Waals surface area contributed by atoms with E-state index in [1.165, 1.54) is 19.1 Å². The van der Waals surface area contributed by atoms with Gasteiger partial charge in [0.15, 0.2) is 5.82 Å². The third kappa shape index (κ3) is 3.32. The van der Waals surface area contributed by atoms with Crippen LogP contribution >= 0.6 is 35.1 Å². The zero-order valence-corrected chi connectivity index (χ0v) is 12.1. The molecule has 0 heterocycles. The van der Waals surface area contributed by atoms with Crippen LogP contribution in [0, 0.1) is 18.6 Å². The molecule has 0 aliphatic rings. The lowest BCUT2D eigenvalue weighted by atomic mass is 10.2. The van der Waals surface area contributed by atoms with Crippen LogP contribution in [0.3, 0.4) is 0 Å². The molecule has 0 radical (unpaired) electrons. The fourth-order valence-electron chi connectivity index (χ4n) is 1.41. The molecular formula is C13H9Cl2F2NS. The molecule has 0 aliphatic heterocycles. The summed E-state index contributed by atoms with van der Waals surface area (Å²) in [4.78, 5) is 0.663. The van der Waals surface area contributed by atoms with Crippen LogP contribution in [0.4, 0.5) is 14.5 Å². The average Bonchev–Trinajstić information content (AvgIpc) is 2.39. The molecule has 1 N–H and O–H groups in total. The first-order valence-corrected chi connectivity index (χ1v) is 6.89. The monoisotopic (exact) mass is 319 g/mol. The normalized spacial score (nSPS) is 10.6. The number of benzene rings is 2. The molecule has 0 spiro atoms. The molecule has 2 aromatic carbocycles. The Morgan fingerprint density at radius 2 is 1.84 bits per heavy atom. The molecule has 0 fully saturated rings. The minimum Gasteiger partial charge on any atom is -0.323 e. The van der Waals surface area contributed by atoms with Gasteiger partial charge in [-0.25, -0.2) is 8.78 Å². The molecule has 0 atom stereocenters. The van der Waals surface area contributed by atoms with Crippen molar-refractivity contribution in [1.29, 1.82) is 0 Å². The Balaban J connectivity index is 2.19. The number of hydrogen-bond donors (Lipinski definition) is 1. The number of nitrogens with one attached hydrogen (secondary N) is 1. The first-order valence-electron chi connectivity index (χ1n) is 5.31. The summed E-state index contributed by atoms with van der Waals surface area (Å²) in [7, 11) is 0. The maximum Gasteiger partial charge on any atom is 0.152 e. The summed E-state index contributed by atoms with van der Waals surface area (Å²) < 4.78 is 29.7. The highest BCUT2D eigenvalue weighted by molar-refractivity contribution is 8.00. The Morgan fingerprint density at radius 3 is 2.58 bits per heavy atom. The quantitative estimate of drug-likeness (QED) is 0.728. The van der Waals surface area contributed by atoms with Crippen LogP contribution in [0.15, 0.2) is 35.2 Å². The van der Waals surface area contributed by atoms with Gasteiger partial charge in [-0.1, -0.05) is 23.2 Å². The first kappa shape index (κ1) is 14.4. The molecule has 0 unspecified atom stereocenters. The van der Waals surface area contributed by atoms with E-state index in [2.05, 4.69) is 4.72 Å². The lowest BCUT2D eigenvalue weighted by molar-refractivity contribution is 0.571. The second kappa shape index (κ2) is 5.99. The third-order valence-electron chi connectivity index (χ3n) is 2.48. The summed E-state index contributed by atoms with van der Waals surface area (Å²) >= 11 is 13.0. The van der Waals surface area contributed by atoms with E-state index < -0.39 is 11.6 Å². The van der Waals surface area contributed by atoms with Crippen molar-refractivity contribution in [2.45, 2.75) is 11.8 Å². The maximum atomic E-state index is 13.8. The van der Waals surface area contributed by atoms with Crippen LogP contribution in [-0.2, 0) is 0 Å². The molecule has 100 valence electrons. The lowest BCUT2D eigenvalue weighted by Gasteiger charge is -2.10. The van der Waals surface area contributed by atoms with Gasteiger partial charge < -0.3 is 4.72 Å². The number of halogens is 4. The van der Waals surface area contributed by atoms with Crippen molar-refractivity contribution in [3.8, 4) is 0 Å². The summed E-state index contributed by atoms with van der Waals surface area (Å²) in [5, 5.41) is 1.03. The molecule has 19 heavy (non-hydrogen) atoms. The zero-order chi connectivity index (χ0) is 14.0. The highest BCUT2D eigenvalue weighted by Gasteiger charge is 2.10. The predicted octanol–water partition coefficient (Wildman–Crippen LogP) is 5.70. The molecule has 0 aliphatic carbocycles. The predicted molar refractivity (Wildman–Crippen MR) is 77.0 cm³/mol. The van der Waals surface area contributed by atoms with Crippen LogP contribution in [0.1, 0.15) is 5.56 Å². The third-order valence-corrected chi connectivity index (χ3v) is 4.04. The molecule has 0 aromatic heterocycles. The summed E-state index contributed by atoms with van der Waals surface area (Å²) in [6.07, 6.45) is 0. The van der Waals surface area contributed by atoms with E-state index in [9.17, 15) is 8.78 Å². The lowest BCUT2D eigenvalue weighted by Crippen LogP contribution is -1.96. The van der Waals surface area contributed by atoms with Crippen molar-refractivity contribution >= 4 is 40.8 Å².